The van der Waals surface area contributed by atoms with Gasteiger partial charge in [0, 0.05) is 10.2 Å². The van der Waals surface area contributed by atoms with Crippen molar-refractivity contribution in [3.05, 3.63) is 0 Å². The van der Waals surface area contributed by atoms with E-state index in [1.807, 2.05) is 0 Å². The predicted octanol–water partition coefficient (Wildman–Crippen LogP) is -0.893. The quantitative estimate of drug-likeness (QED) is 0.390. The van der Waals surface area contributed by atoms with Crippen LogP contribution in [-0.2, 0) is 9.53 Å². The van der Waals surface area contributed by atoms with Gasteiger partial charge in [-0.05, 0) is 6.04 Å². The maximum Gasteiger partial charge on any atom is 0.334 e. The highest BCUT2D eigenvalue weighted by Crippen LogP contribution is 1.89. The highest BCUT2D eigenvalue weighted by atomic mass is 28.1. The van der Waals surface area contributed by atoms with Crippen molar-refractivity contribution in [1.29, 1.82) is 0 Å². The van der Waals surface area contributed by atoms with Crippen LogP contribution in [0.2, 0.25) is 6.04 Å². The van der Waals surface area contributed by atoms with Crippen molar-refractivity contribution in [3.8, 4) is 0 Å². The Kier molecular flexibility index (Phi) is 3.46. The molecule has 0 aliphatic heterocycles. The van der Waals surface area contributed by atoms with Crippen LogP contribution in [0.3, 0.4) is 0 Å². The number of ether oxygens (including phenoxy) is 1. The predicted molar refractivity (Wildman–Crippen MR) is 28.6 cm³/mol. The fourth-order valence-electron chi connectivity index (χ4n) is 0.219. The van der Waals surface area contributed by atoms with Crippen LogP contribution in [0.1, 0.15) is 0 Å². The first-order chi connectivity index (χ1) is 3.72. The van der Waals surface area contributed by atoms with Gasteiger partial charge in [0.25, 0.3) is 0 Å². The Morgan fingerprint density at radius 1 is 2.00 bits per heavy atom. The molecular formula is C4H7O3Si. The molecule has 8 heavy (non-hydrogen) atoms. The van der Waals surface area contributed by atoms with Crippen molar-refractivity contribution >= 4 is 16.2 Å². The molecule has 1 unspecified atom stereocenters. The van der Waals surface area contributed by atoms with E-state index in [1.165, 1.54) is 7.11 Å². The minimum Gasteiger partial charge on any atom is -0.467 e. The molecule has 0 saturated carbocycles. The zero-order valence-electron chi connectivity index (χ0n) is 4.55. The Morgan fingerprint density at radius 2 is 2.50 bits per heavy atom. The number of methoxy groups -OCH3 is 1. The molecule has 0 aliphatic carbocycles. The van der Waals surface area contributed by atoms with E-state index < -0.39 is 12.1 Å². The average molecular weight is 131 g/mol. The smallest absolute Gasteiger partial charge is 0.334 e. The summed E-state index contributed by atoms with van der Waals surface area (Å²) < 4.78 is 4.18. The first-order valence-electron chi connectivity index (χ1n) is 2.13. The lowest BCUT2D eigenvalue weighted by Gasteiger charge is -2.01. The van der Waals surface area contributed by atoms with E-state index in [4.69, 9.17) is 5.11 Å². The minimum absolute atomic E-state index is 0.215. The molecule has 0 aromatic heterocycles. The van der Waals surface area contributed by atoms with Crippen LogP contribution < -0.4 is 0 Å². The molecule has 0 amide bonds. The molecule has 0 heterocycles. The molecular weight excluding hydrogens is 124 g/mol. The second kappa shape index (κ2) is 3.62. The molecule has 0 aliphatic rings. The summed E-state index contributed by atoms with van der Waals surface area (Å²) in [4.78, 5) is 10.2. The number of aliphatic hydroxyl groups is 1. The van der Waals surface area contributed by atoms with Crippen molar-refractivity contribution in [2.75, 3.05) is 7.11 Å². The molecule has 0 bridgehead atoms. The van der Waals surface area contributed by atoms with Gasteiger partial charge < -0.3 is 9.84 Å². The van der Waals surface area contributed by atoms with Gasteiger partial charge in [-0.1, -0.05) is 0 Å². The molecule has 4 heteroatoms. The number of aliphatic hydroxyl groups excluding tert-OH is 1. The van der Waals surface area contributed by atoms with Crippen molar-refractivity contribution in [2.24, 2.45) is 0 Å². The highest BCUT2D eigenvalue weighted by Gasteiger charge is 2.10. The SMILES string of the molecule is COC(=O)C(O)C[Si]. The summed E-state index contributed by atoms with van der Waals surface area (Å²) in [6.07, 6.45) is -1.03. The lowest BCUT2D eigenvalue weighted by Crippen LogP contribution is -2.20. The summed E-state index contributed by atoms with van der Waals surface area (Å²) in [5.41, 5.74) is 0. The van der Waals surface area contributed by atoms with E-state index in [1.54, 1.807) is 0 Å². The maximum atomic E-state index is 10.2. The fraction of sp³-hybridized carbons (Fsp3) is 0.750. The molecule has 0 fully saturated rings. The molecule has 1 atom stereocenters. The molecule has 0 rings (SSSR count). The van der Waals surface area contributed by atoms with Gasteiger partial charge in [-0.2, -0.15) is 0 Å². The van der Waals surface area contributed by atoms with Gasteiger partial charge in [0.05, 0.1) is 7.11 Å². The normalized spacial score (nSPS) is 12.9. The second-order valence-corrected chi connectivity index (χ2v) is 1.65. The third-order valence-corrected chi connectivity index (χ3v) is 1.05. The summed E-state index contributed by atoms with van der Waals surface area (Å²) in [6.45, 7) is 0. The molecule has 3 radical (unpaired) electrons. The number of hydrogen-bond acceptors (Lipinski definition) is 3. The number of rotatable bonds is 2. The van der Waals surface area contributed by atoms with Gasteiger partial charge in [-0.25, -0.2) is 4.79 Å². The zero-order valence-corrected chi connectivity index (χ0v) is 5.55. The molecule has 3 nitrogen and oxygen atoms in total. The number of carbonyl (C=O) groups is 1. The van der Waals surface area contributed by atoms with Gasteiger partial charge in [-0.15, -0.1) is 0 Å². The summed E-state index contributed by atoms with van der Waals surface area (Å²) in [6, 6.07) is 0.215. The first kappa shape index (κ1) is 7.65. The highest BCUT2D eigenvalue weighted by molar-refractivity contribution is 6.10. The van der Waals surface area contributed by atoms with Crippen molar-refractivity contribution < 1.29 is 14.6 Å². The fourth-order valence-corrected chi connectivity index (χ4v) is 0.386. The summed E-state index contributed by atoms with van der Waals surface area (Å²) in [7, 11) is 4.18. The van der Waals surface area contributed by atoms with Gasteiger partial charge in [0.15, 0.2) is 0 Å². The number of carbonyl (C=O) groups excluding carboxylic acids is 1. The number of esters is 1. The van der Waals surface area contributed by atoms with Gasteiger partial charge >= 0.3 is 5.97 Å². The van der Waals surface area contributed by atoms with E-state index in [0.717, 1.165) is 0 Å². The Morgan fingerprint density at radius 3 is 2.62 bits per heavy atom. The van der Waals surface area contributed by atoms with E-state index in [2.05, 4.69) is 15.0 Å². The minimum atomic E-state index is -1.03. The van der Waals surface area contributed by atoms with Crippen LogP contribution in [-0.4, -0.2) is 34.5 Å². The van der Waals surface area contributed by atoms with Crippen molar-refractivity contribution in [1.82, 2.24) is 0 Å². The van der Waals surface area contributed by atoms with Crippen LogP contribution in [0.5, 0.6) is 0 Å². The van der Waals surface area contributed by atoms with Crippen molar-refractivity contribution in [3.63, 3.8) is 0 Å². The number of hydrogen-bond donors (Lipinski definition) is 1. The molecule has 0 saturated heterocycles. The van der Waals surface area contributed by atoms with Crippen molar-refractivity contribution in [2.45, 2.75) is 12.1 Å². The van der Waals surface area contributed by atoms with Crippen LogP contribution in [0, 0.1) is 0 Å². The summed E-state index contributed by atoms with van der Waals surface area (Å²) >= 11 is 0. The van der Waals surface area contributed by atoms with E-state index in [9.17, 15) is 4.79 Å². The molecule has 0 aromatic carbocycles. The van der Waals surface area contributed by atoms with Crippen LogP contribution in [0.25, 0.3) is 0 Å². The lowest BCUT2D eigenvalue weighted by molar-refractivity contribution is -0.149. The van der Waals surface area contributed by atoms with Crippen LogP contribution in [0.15, 0.2) is 0 Å². The third-order valence-electron chi connectivity index (χ3n) is 0.667. The zero-order chi connectivity index (χ0) is 6.57. The molecule has 0 spiro atoms. The topological polar surface area (TPSA) is 46.5 Å². The maximum absolute atomic E-state index is 10.2. The standard InChI is InChI=1S/C4H7O3Si/c1-7-4(6)3(5)2-8/h3,5H,2H2,1H3. The second-order valence-electron chi connectivity index (χ2n) is 1.24. The Balaban J connectivity index is 3.46. The average Bonchev–Trinajstić information content (AvgIpc) is 1.84. The van der Waals surface area contributed by atoms with E-state index >= 15 is 0 Å². The Bertz CT molecular complexity index is 83.4. The largest absolute Gasteiger partial charge is 0.467 e. The molecule has 1 N–H and O–H groups in total. The van der Waals surface area contributed by atoms with Gasteiger partial charge in [-0.3, -0.25) is 0 Å². The Labute approximate surface area is 51.1 Å². The van der Waals surface area contributed by atoms with E-state index in [-0.39, 0.29) is 6.04 Å². The van der Waals surface area contributed by atoms with Gasteiger partial charge in [0.2, 0.25) is 0 Å². The van der Waals surface area contributed by atoms with Gasteiger partial charge in [0.1, 0.15) is 6.10 Å². The first-order valence-corrected chi connectivity index (χ1v) is 2.83. The molecule has 0 aromatic rings. The van der Waals surface area contributed by atoms with Crippen LogP contribution >= 0.6 is 0 Å². The van der Waals surface area contributed by atoms with Crippen LogP contribution in [0.4, 0.5) is 0 Å². The summed E-state index contributed by atoms with van der Waals surface area (Å²) in [5.74, 6) is -0.611. The Hall–Kier alpha value is -0.353. The third kappa shape index (κ3) is 2.09. The lowest BCUT2D eigenvalue weighted by atomic mass is 10.4. The van der Waals surface area contributed by atoms with E-state index in [0.29, 0.717) is 0 Å². The molecule has 45 valence electrons. The monoisotopic (exact) mass is 131 g/mol. The summed E-state index contributed by atoms with van der Waals surface area (Å²) in [5, 5.41) is 8.60.